The van der Waals surface area contributed by atoms with Crippen LogP contribution < -0.4 is 11.3 Å². The molecule has 0 saturated carbocycles. The third-order valence-electron chi connectivity index (χ3n) is 1.99. The standard InChI is InChI=1S/C10H7ClFN3O/c11-9-8(12)5-14-15(10(9)16)7-3-1-2-6(13)4-7/h1-5H,13H2. The molecule has 1 aromatic heterocycles. The summed E-state index contributed by atoms with van der Waals surface area (Å²) >= 11 is 5.49. The highest BCUT2D eigenvalue weighted by Gasteiger charge is 2.09. The Kier molecular flexibility index (Phi) is 2.62. The van der Waals surface area contributed by atoms with Crippen molar-refractivity contribution in [2.45, 2.75) is 0 Å². The van der Waals surface area contributed by atoms with Gasteiger partial charge in [-0.3, -0.25) is 4.79 Å². The van der Waals surface area contributed by atoms with E-state index in [1.165, 1.54) is 0 Å². The van der Waals surface area contributed by atoms with E-state index in [9.17, 15) is 9.18 Å². The van der Waals surface area contributed by atoms with Crippen LogP contribution in [0.3, 0.4) is 0 Å². The smallest absolute Gasteiger partial charge is 0.293 e. The Morgan fingerprint density at radius 1 is 1.44 bits per heavy atom. The predicted octanol–water partition coefficient (Wildman–Crippen LogP) is 1.61. The summed E-state index contributed by atoms with van der Waals surface area (Å²) in [6.45, 7) is 0. The number of aromatic nitrogens is 2. The zero-order valence-corrected chi connectivity index (χ0v) is 8.78. The van der Waals surface area contributed by atoms with Crippen molar-refractivity contribution in [3.63, 3.8) is 0 Å². The van der Waals surface area contributed by atoms with E-state index < -0.39 is 16.4 Å². The van der Waals surface area contributed by atoms with Gasteiger partial charge >= 0.3 is 0 Å². The molecule has 6 heteroatoms. The molecule has 2 rings (SSSR count). The summed E-state index contributed by atoms with van der Waals surface area (Å²) in [6, 6.07) is 6.50. The summed E-state index contributed by atoms with van der Waals surface area (Å²) in [5.41, 5.74) is 5.76. The molecule has 2 N–H and O–H groups in total. The van der Waals surface area contributed by atoms with Crippen LogP contribution in [0.2, 0.25) is 5.02 Å². The molecule has 82 valence electrons. The molecule has 1 heterocycles. The van der Waals surface area contributed by atoms with E-state index in [1.807, 2.05) is 0 Å². The molecular weight excluding hydrogens is 233 g/mol. The van der Waals surface area contributed by atoms with E-state index in [0.29, 0.717) is 11.4 Å². The molecule has 0 saturated heterocycles. The van der Waals surface area contributed by atoms with Gasteiger partial charge in [0.25, 0.3) is 5.56 Å². The van der Waals surface area contributed by atoms with Gasteiger partial charge < -0.3 is 5.73 Å². The maximum absolute atomic E-state index is 12.9. The molecule has 0 unspecified atom stereocenters. The third-order valence-corrected chi connectivity index (χ3v) is 2.33. The summed E-state index contributed by atoms with van der Waals surface area (Å²) < 4.78 is 13.9. The average Bonchev–Trinajstić information content (AvgIpc) is 2.26. The van der Waals surface area contributed by atoms with Gasteiger partial charge in [-0.15, -0.1) is 0 Å². The first-order chi connectivity index (χ1) is 7.59. The molecule has 0 spiro atoms. The highest BCUT2D eigenvalue weighted by atomic mass is 35.5. The molecule has 0 aliphatic rings. The van der Waals surface area contributed by atoms with Gasteiger partial charge in [0.1, 0.15) is 5.02 Å². The second-order valence-corrected chi connectivity index (χ2v) is 3.50. The van der Waals surface area contributed by atoms with Crippen molar-refractivity contribution in [3.8, 4) is 5.69 Å². The fourth-order valence-corrected chi connectivity index (χ4v) is 1.38. The maximum Gasteiger partial charge on any atom is 0.293 e. The first kappa shape index (κ1) is 10.6. The number of rotatable bonds is 1. The molecule has 4 nitrogen and oxygen atoms in total. The van der Waals surface area contributed by atoms with Crippen LogP contribution >= 0.6 is 11.6 Å². The molecule has 16 heavy (non-hydrogen) atoms. The number of hydrogen-bond donors (Lipinski definition) is 1. The quantitative estimate of drug-likeness (QED) is 0.769. The van der Waals surface area contributed by atoms with Crippen molar-refractivity contribution in [1.29, 1.82) is 0 Å². The lowest BCUT2D eigenvalue weighted by molar-refractivity contribution is 0.601. The highest BCUT2D eigenvalue weighted by molar-refractivity contribution is 6.30. The van der Waals surface area contributed by atoms with Gasteiger partial charge in [-0.1, -0.05) is 17.7 Å². The normalized spacial score (nSPS) is 10.4. The summed E-state index contributed by atoms with van der Waals surface area (Å²) in [5, 5.41) is 3.15. The fourth-order valence-electron chi connectivity index (χ4n) is 1.25. The summed E-state index contributed by atoms with van der Waals surface area (Å²) in [6.07, 6.45) is 0.882. The molecule has 0 bridgehead atoms. The second-order valence-electron chi connectivity index (χ2n) is 3.12. The first-order valence-electron chi connectivity index (χ1n) is 4.39. The number of halogens is 2. The van der Waals surface area contributed by atoms with Gasteiger partial charge in [0.15, 0.2) is 5.82 Å². The number of nitrogens with two attached hydrogens (primary N) is 1. The van der Waals surface area contributed by atoms with Gasteiger partial charge in [0.2, 0.25) is 0 Å². The Labute approximate surface area is 95.1 Å². The minimum atomic E-state index is -0.841. The van der Waals surface area contributed by atoms with Crippen LogP contribution in [-0.2, 0) is 0 Å². The Morgan fingerprint density at radius 2 is 2.19 bits per heavy atom. The Hall–Kier alpha value is -1.88. The molecule has 0 radical (unpaired) electrons. The molecule has 0 amide bonds. The van der Waals surface area contributed by atoms with Crippen molar-refractivity contribution in [2.75, 3.05) is 5.73 Å². The van der Waals surface area contributed by atoms with Crippen LogP contribution in [0.15, 0.2) is 35.3 Å². The van der Waals surface area contributed by atoms with Crippen LogP contribution in [0.25, 0.3) is 5.69 Å². The second kappa shape index (κ2) is 3.94. The average molecular weight is 240 g/mol. The van der Waals surface area contributed by atoms with Crippen molar-refractivity contribution < 1.29 is 4.39 Å². The molecule has 1 aromatic carbocycles. The molecule has 0 fully saturated rings. The van der Waals surface area contributed by atoms with Crippen LogP contribution in [0.4, 0.5) is 10.1 Å². The topological polar surface area (TPSA) is 60.9 Å². The Morgan fingerprint density at radius 3 is 2.88 bits per heavy atom. The maximum atomic E-state index is 12.9. The highest BCUT2D eigenvalue weighted by Crippen LogP contribution is 2.11. The van der Waals surface area contributed by atoms with Gasteiger partial charge in [-0.25, -0.2) is 4.39 Å². The van der Waals surface area contributed by atoms with Gasteiger partial charge in [-0.05, 0) is 18.2 Å². The van der Waals surface area contributed by atoms with Crippen molar-refractivity contribution >= 4 is 17.3 Å². The SMILES string of the molecule is Nc1cccc(-n2ncc(F)c(Cl)c2=O)c1. The van der Waals surface area contributed by atoms with Crippen LogP contribution in [-0.4, -0.2) is 9.78 Å². The van der Waals surface area contributed by atoms with Crippen LogP contribution in [0.5, 0.6) is 0 Å². The van der Waals surface area contributed by atoms with Crippen LogP contribution in [0.1, 0.15) is 0 Å². The van der Waals surface area contributed by atoms with E-state index in [-0.39, 0.29) is 0 Å². The Bertz CT molecular complexity index is 597. The lowest BCUT2D eigenvalue weighted by Gasteiger charge is -2.05. The number of benzene rings is 1. The van der Waals surface area contributed by atoms with E-state index in [2.05, 4.69) is 5.10 Å². The van der Waals surface area contributed by atoms with Crippen molar-refractivity contribution in [1.82, 2.24) is 9.78 Å². The molecule has 0 atom stereocenters. The van der Waals surface area contributed by atoms with E-state index >= 15 is 0 Å². The molecule has 0 aliphatic carbocycles. The predicted molar refractivity (Wildman–Crippen MR) is 59.2 cm³/mol. The first-order valence-corrected chi connectivity index (χ1v) is 4.76. The van der Waals surface area contributed by atoms with E-state index in [1.54, 1.807) is 24.3 Å². The number of nitrogens with zero attached hydrogens (tertiary/aromatic N) is 2. The van der Waals surface area contributed by atoms with Crippen LogP contribution in [0, 0.1) is 5.82 Å². The number of hydrogen-bond acceptors (Lipinski definition) is 3. The number of anilines is 1. The molecule has 0 aliphatic heterocycles. The number of nitrogen functional groups attached to an aromatic ring is 1. The van der Waals surface area contributed by atoms with E-state index in [0.717, 1.165) is 10.9 Å². The zero-order valence-electron chi connectivity index (χ0n) is 8.02. The zero-order chi connectivity index (χ0) is 11.7. The molecule has 2 aromatic rings. The Balaban J connectivity index is 2.66. The van der Waals surface area contributed by atoms with Gasteiger partial charge in [0.05, 0.1) is 11.9 Å². The van der Waals surface area contributed by atoms with Gasteiger partial charge in [0, 0.05) is 5.69 Å². The van der Waals surface area contributed by atoms with Crippen molar-refractivity contribution in [2.24, 2.45) is 0 Å². The lowest BCUT2D eigenvalue weighted by Crippen LogP contribution is -2.22. The molecular formula is C10H7ClFN3O. The summed E-state index contributed by atoms with van der Waals surface area (Å²) in [4.78, 5) is 11.6. The minimum absolute atomic E-state index is 0.437. The summed E-state index contributed by atoms with van der Waals surface area (Å²) in [5.74, 6) is -0.841. The van der Waals surface area contributed by atoms with Crippen molar-refractivity contribution in [3.05, 3.63) is 51.7 Å². The van der Waals surface area contributed by atoms with Gasteiger partial charge in [-0.2, -0.15) is 9.78 Å². The third kappa shape index (κ3) is 1.77. The summed E-state index contributed by atoms with van der Waals surface area (Å²) in [7, 11) is 0. The fraction of sp³-hybridized carbons (Fsp3) is 0. The monoisotopic (exact) mass is 239 g/mol. The minimum Gasteiger partial charge on any atom is -0.399 e. The largest absolute Gasteiger partial charge is 0.399 e. The lowest BCUT2D eigenvalue weighted by atomic mass is 10.3. The van der Waals surface area contributed by atoms with E-state index in [4.69, 9.17) is 17.3 Å².